The number of ether oxygens (including phenoxy) is 1. The number of pyridine rings is 1. The van der Waals surface area contributed by atoms with E-state index >= 15 is 0 Å². The van der Waals surface area contributed by atoms with E-state index in [1.54, 1.807) is 7.11 Å². The first-order valence-corrected chi connectivity index (χ1v) is 7.82. The highest BCUT2D eigenvalue weighted by Crippen LogP contribution is 2.28. The summed E-state index contributed by atoms with van der Waals surface area (Å²) in [4.78, 5) is 6.83. The molecule has 6 nitrogen and oxygen atoms in total. The number of imidazole rings is 1. The molecule has 2 heterocycles. The van der Waals surface area contributed by atoms with E-state index in [0.29, 0.717) is 18.8 Å². The summed E-state index contributed by atoms with van der Waals surface area (Å²) < 4.78 is 7.34. The van der Waals surface area contributed by atoms with Gasteiger partial charge in [0.1, 0.15) is 11.4 Å². The second-order valence-corrected chi connectivity index (χ2v) is 5.79. The Labute approximate surface area is 141 Å². The number of fused-ring (bicyclic) bond motifs is 1. The first-order chi connectivity index (χ1) is 11.6. The SMILES string of the molecule is COc1cccc(-c2nc3ccc(N)cn3c2CN(C)CCO)c1. The van der Waals surface area contributed by atoms with Gasteiger partial charge in [0.05, 0.1) is 25.1 Å². The second kappa shape index (κ2) is 6.90. The highest BCUT2D eigenvalue weighted by molar-refractivity contribution is 5.68. The Morgan fingerprint density at radius 3 is 2.88 bits per heavy atom. The van der Waals surface area contributed by atoms with Gasteiger partial charge in [-0.2, -0.15) is 0 Å². The molecule has 0 bridgehead atoms. The zero-order valence-electron chi connectivity index (χ0n) is 13.9. The molecule has 0 saturated carbocycles. The van der Waals surface area contributed by atoms with Crippen LogP contribution >= 0.6 is 0 Å². The van der Waals surface area contributed by atoms with Crippen molar-refractivity contribution in [1.29, 1.82) is 0 Å². The molecule has 0 fully saturated rings. The van der Waals surface area contributed by atoms with Gasteiger partial charge in [-0.15, -0.1) is 0 Å². The topological polar surface area (TPSA) is 76.0 Å². The number of methoxy groups -OCH3 is 1. The fourth-order valence-electron chi connectivity index (χ4n) is 2.77. The van der Waals surface area contributed by atoms with Gasteiger partial charge in [-0.05, 0) is 31.3 Å². The van der Waals surface area contributed by atoms with Crippen molar-refractivity contribution in [2.45, 2.75) is 6.54 Å². The minimum atomic E-state index is 0.115. The quantitative estimate of drug-likeness (QED) is 0.725. The van der Waals surface area contributed by atoms with E-state index in [0.717, 1.165) is 28.3 Å². The van der Waals surface area contributed by atoms with E-state index in [1.165, 1.54) is 0 Å². The second-order valence-electron chi connectivity index (χ2n) is 5.79. The van der Waals surface area contributed by atoms with Crippen LogP contribution in [0.15, 0.2) is 42.6 Å². The molecular formula is C18H22N4O2. The van der Waals surface area contributed by atoms with Crippen LogP contribution in [0.2, 0.25) is 0 Å². The number of rotatable bonds is 6. The van der Waals surface area contributed by atoms with Crippen molar-refractivity contribution in [1.82, 2.24) is 14.3 Å². The highest BCUT2D eigenvalue weighted by atomic mass is 16.5. The minimum Gasteiger partial charge on any atom is -0.497 e. The van der Waals surface area contributed by atoms with E-state index in [4.69, 9.17) is 15.5 Å². The standard InChI is InChI=1S/C18H22N4O2/c1-21(8-9-23)12-16-18(13-4-3-5-15(10-13)24-2)20-17-7-6-14(19)11-22(16)17/h3-7,10-11,23H,8-9,12,19H2,1-2H3. The lowest BCUT2D eigenvalue weighted by molar-refractivity contribution is 0.216. The molecule has 3 rings (SSSR count). The number of hydrogen-bond donors (Lipinski definition) is 2. The minimum absolute atomic E-state index is 0.115. The predicted molar refractivity (Wildman–Crippen MR) is 95.0 cm³/mol. The van der Waals surface area contributed by atoms with Gasteiger partial charge in [-0.3, -0.25) is 4.90 Å². The van der Waals surface area contributed by atoms with Crippen molar-refractivity contribution in [3.8, 4) is 17.0 Å². The Bertz CT molecular complexity index is 844. The van der Waals surface area contributed by atoms with Gasteiger partial charge in [-0.25, -0.2) is 4.98 Å². The Balaban J connectivity index is 2.14. The molecule has 3 aromatic rings. The number of nitrogens with zero attached hydrogens (tertiary/aromatic N) is 3. The molecular weight excluding hydrogens is 304 g/mol. The Kier molecular flexibility index (Phi) is 4.69. The van der Waals surface area contributed by atoms with Crippen molar-refractivity contribution in [2.75, 3.05) is 33.0 Å². The normalized spacial score (nSPS) is 11.3. The first-order valence-electron chi connectivity index (χ1n) is 7.82. The van der Waals surface area contributed by atoms with E-state index < -0.39 is 0 Å². The highest BCUT2D eigenvalue weighted by Gasteiger charge is 2.16. The largest absolute Gasteiger partial charge is 0.497 e. The summed E-state index contributed by atoms with van der Waals surface area (Å²) in [5.74, 6) is 0.790. The molecule has 3 N–H and O–H groups in total. The molecule has 1 aromatic carbocycles. The maximum atomic E-state index is 9.18. The number of nitrogens with two attached hydrogens (primary N) is 1. The molecule has 0 radical (unpaired) electrons. The van der Waals surface area contributed by atoms with Gasteiger partial charge < -0.3 is 20.0 Å². The lowest BCUT2D eigenvalue weighted by Gasteiger charge is -2.16. The molecule has 0 aliphatic heterocycles. The molecule has 0 aliphatic carbocycles. The van der Waals surface area contributed by atoms with Gasteiger partial charge in [0.25, 0.3) is 0 Å². The van der Waals surface area contributed by atoms with Gasteiger partial charge in [0, 0.05) is 30.5 Å². The van der Waals surface area contributed by atoms with Crippen LogP contribution in [0, 0.1) is 0 Å². The van der Waals surface area contributed by atoms with Crippen molar-refractivity contribution >= 4 is 11.3 Å². The summed E-state index contributed by atoms with van der Waals surface area (Å²) in [5, 5.41) is 9.18. The molecule has 126 valence electrons. The molecule has 0 amide bonds. The molecule has 0 saturated heterocycles. The number of benzene rings is 1. The molecule has 2 aromatic heterocycles. The van der Waals surface area contributed by atoms with E-state index in [1.807, 2.05) is 54.0 Å². The van der Waals surface area contributed by atoms with Crippen LogP contribution in [0.25, 0.3) is 16.9 Å². The Morgan fingerprint density at radius 1 is 1.29 bits per heavy atom. The van der Waals surface area contributed by atoms with E-state index in [2.05, 4.69) is 4.90 Å². The van der Waals surface area contributed by atoms with Crippen molar-refractivity contribution in [2.24, 2.45) is 0 Å². The van der Waals surface area contributed by atoms with E-state index in [-0.39, 0.29) is 6.61 Å². The third kappa shape index (κ3) is 3.20. The lowest BCUT2D eigenvalue weighted by Crippen LogP contribution is -2.22. The van der Waals surface area contributed by atoms with Gasteiger partial charge in [0.2, 0.25) is 0 Å². The molecule has 0 aliphatic rings. The summed E-state index contributed by atoms with van der Waals surface area (Å²) in [6, 6.07) is 11.6. The zero-order valence-corrected chi connectivity index (χ0v) is 13.9. The fourth-order valence-corrected chi connectivity index (χ4v) is 2.77. The van der Waals surface area contributed by atoms with Crippen LogP contribution in [0.4, 0.5) is 5.69 Å². The molecule has 0 unspecified atom stereocenters. The van der Waals surface area contributed by atoms with E-state index in [9.17, 15) is 5.11 Å². The molecule has 0 spiro atoms. The number of aromatic nitrogens is 2. The average molecular weight is 326 g/mol. The van der Waals surface area contributed by atoms with Crippen LogP contribution in [0.3, 0.4) is 0 Å². The lowest BCUT2D eigenvalue weighted by atomic mass is 10.1. The summed E-state index contributed by atoms with van der Waals surface area (Å²) in [5.41, 5.74) is 10.4. The fraction of sp³-hybridized carbons (Fsp3) is 0.278. The molecule has 24 heavy (non-hydrogen) atoms. The average Bonchev–Trinajstić information content (AvgIpc) is 2.93. The van der Waals surface area contributed by atoms with Crippen LogP contribution in [-0.2, 0) is 6.54 Å². The van der Waals surface area contributed by atoms with Gasteiger partial charge in [0.15, 0.2) is 0 Å². The monoisotopic (exact) mass is 326 g/mol. The maximum absolute atomic E-state index is 9.18. The number of likely N-dealkylation sites (N-methyl/N-ethyl adjacent to an activating group) is 1. The Morgan fingerprint density at radius 2 is 2.12 bits per heavy atom. The van der Waals surface area contributed by atoms with Crippen molar-refractivity contribution < 1.29 is 9.84 Å². The molecule has 6 heteroatoms. The Hall–Kier alpha value is -2.57. The van der Waals surface area contributed by atoms with Gasteiger partial charge >= 0.3 is 0 Å². The maximum Gasteiger partial charge on any atom is 0.137 e. The summed E-state index contributed by atoms with van der Waals surface area (Å²) >= 11 is 0. The summed E-state index contributed by atoms with van der Waals surface area (Å²) in [7, 11) is 3.62. The van der Waals surface area contributed by atoms with Crippen LogP contribution in [0.1, 0.15) is 5.69 Å². The van der Waals surface area contributed by atoms with Crippen LogP contribution in [-0.4, -0.2) is 46.7 Å². The van der Waals surface area contributed by atoms with Crippen molar-refractivity contribution in [3.63, 3.8) is 0 Å². The zero-order chi connectivity index (χ0) is 17.1. The van der Waals surface area contributed by atoms with Crippen LogP contribution < -0.4 is 10.5 Å². The van der Waals surface area contributed by atoms with Crippen molar-refractivity contribution in [3.05, 3.63) is 48.3 Å². The first kappa shape index (κ1) is 16.3. The predicted octanol–water partition coefficient (Wildman–Crippen LogP) is 2.02. The number of aliphatic hydroxyl groups is 1. The summed E-state index contributed by atoms with van der Waals surface area (Å²) in [6.07, 6.45) is 1.88. The number of hydrogen-bond acceptors (Lipinski definition) is 5. The number of nitrogen functional groups attached to an aromatic ring is 1. The van der Waals surface area contributed by atoms with Crippen LogP contribution in [0.5, 0.6) is 5.75 Å². The smallest absolute Gasteiger partial charge is 0.137 e. The van der Waals surface area contributed by atoms with Gasteiger partial charge in [-0.1, -0.05) is 12.1 Å². The third-order valence-corrected chi connectivity index (χ3v) is 3.98. The number of anilines is 1. The third-order valence-electron chi connectivity index (χ3n) is 3.98. The molecule has 0 atom stereocenters. The summed E-state index contributed by atoms with van der Waals surface area (Å²) in [6.45, 7) is 1.36. The number of aliphatic hydroxyl groups excluding tert-OH is 1.